The molecule has 0 radical (unpaired) electrons. The number of unbranched alkanes of at least 4 members (excludes halogenated alkanes) is 9. The minimum Gasteiger partial charge on any atom is -0.462 e. The van der Waals surface area contributed by atoms with E-state index >= 15 is 0 Å². The molecule has 0 rings (SSSR count). The normalized spacial score (nSPS) is 15.7. The number of esters is 2. The summed E-state index contributed by atoms with van der Waals surface area (Å²) in [5, 5.41) is 38.5. The van der Waals surface area contributed by atoms with Gasteiger partial charge in [0.15, 0.2) is 6.10 Å². The zero-order valence-corrected chi connectivity index (χ0v) is 36.8. The first-order valence-corrected chi connectivity index (χ1v) is 23.3. The molecule has 5 N–H and O–H groups in total. The summed E-state index contributed by atoms with van der Waals surface area (Å²) in [6.45, 7) is 1.93. The van der Waals surface area contributed by atoms with Gasteiger partial charge in [-0.15, -0.1) is 0 Å². The maximum atomic E-state index is 12.6. The second-order valence-corrected chi connectivity index (χ2v) is 15.9. The van der Waals surface area contributed by atoms with Gasteiger partial charge in [-0.2, -0.15) is 0 Å². The molecule has 0 aromatic rings. The molecule has 12 nitrogen and oxygen atoms in total. The van der Waals surface area contributed by atoms with Crippen LogP contribution >= 0.6 is 7.82 Å². The van der Waals surface area contributed by atoms with Crippen molar-refractivity contribution >= 4 is 19.8 Å². The SMILES string of the molecule is CCCCCCCC/C=C\C/C=C\C/C=C\CCCC(=O)OC[C@H](COP(=O)(O)OC[C@@H](O)CO)OC(=O)CCC[C@H](O)/C=C/C=C\C/C=C\C=C\[C@H](O)CCCCC. The monoisotopic (exact) mass is 853 g/mol. The number of allylic oxidation sites excluding steroid dienone is 12. The van der Waals surface area contributed by atoms with E-state index in [1.807, 2.05) is 36.5 Å². The Bertz CT molecular complexity index is 1290. The van der Waals surface area contributed by atoms with Crippen LogP contribution in [0.3, 0.4) is 0 Å². The molecule has 0 aliphatic heterocycles. The van der Waals surface area contributed by atoms with Crippen molar-refractivity contribution in [2.24, 2.45) is 0 Å². The fourth-order valence-electron chi connectivity index (χ4n) is 5.28. The van der Waals surface area contributed by atoms with Crippen molar-refractivity contribution in [3.05, 3.63) is 85.1 Å². The van der Waals surface area contributed by atoms with Crippen LogP contribution in [0.25, 0.3) is 0 Å². The standard InChI is InChI=1S/C46H77O12P/c1-3-5-7-8-9-10-11-12-13-14-15-16-17-18-22-25-29-35-45(51)55-39-44(40-57-59(53,54)56-38-43(50)37-47)58-46(52)36-30-34-42(49)33-28-24-21-19-20-23-27-32-41(48)31-26-6-4-2/h12-13,15-16,18,20-24,27-28,32-33,41-44,47-50H,3-11,14,17,19,25-26,29-31,34-40H2,1-2H3,(H,53,54)/b13-12-,16-15-,22-18-,23-20-,24-21-,32-27+,33-28+/t41-,42-,43+,44-/m1/s1. The second kappa shape index (κ2) is 40.5. The van der Waals surface area contributed by atoms with E-state index in [2.05, 4.69) is 42.7 Å². The summed E-state index contributed by atoms with van der Waals surface area (Å²) in [7, 11) is -4.70. The molecule has 0 aliphatic rings. The predicted molar refractivity (Wildman–Crippen MR) is 235 cm³/mol. The topological polar surface area (TPSA) is 189 Å². The minimum atomic E-state index is -4.70. The van der Waals surface area contributed by atoms with E-state index in [9.17, 15) is 34.4 Å². The molecular formula is C46H77O12P. The molecule has 0 amide bonds. The lowest BCUT2D eigenvalue weighted by molar-refractivity contribution is -0.161. The molecular weight excluding hydrogens is 775 g/mol. The zero-order valence-electron chi connectivity index (χ0n) is 35.9. The predicted octanol–water partition coefficient (Wildman–Crippen LogP) is 9.39. The second-order valence-electron chi connectivity index (χ2n) is 14.4. The summed E-state index contributed by atoms with van der Waals surface area (Å²) in [5.74, 6) is -1.22. The molecule has 0 aromatic carbocycles. The fraction of sp³-hybridized carbons (Fsp3) is 0.652. The van der Waals surface area contributed by atoms with E-state index in [1.54, 1.807) is 24.3 Å². The highest BCUT2D eigenvalue weighted by molar-refractivity contribution is 7.47. The van der Waals surface area contributed by atoms with Crippen molar-refractivity contribution in [3.8, 4) is 0 Å². The van der Waals surface area contributed by atoms with Crippen molar-refractivity contribution in [2.45, 2.75) is 167 Å². The Labute approximate surface area is 355 Å². The van der Waals surface area contributed by atoms with Crippen molar-refractivity contribution < 1.29 is 58.0 Å². The Balaban J connectivity index is 4.64. The Morgan fingerprint density at radius 1 is 0.576 bits per heavy atom. The average Bonchev–Trinajstić information content (AvgIpc) is 3.21. The molecule has 0 heterocycles. The van der Waals surface area contributed by atoms with Gasteiger partial charge in [0.1, 0.15) is 12.7 Å². The number of aliphatic hydroxyl groups excluding tert-OH is 4. The maximum Gasteiger partial charge on any atom is 0.472 e. The molecule has 59 heavy (non-hydrogen) atoms. The highest BCUT2D eigenvalue weighted by Crippen LogP contribution is 2.43. The third kappa shape index (κ3) is 40.3. The number of ether oxygens (including phenoxy) is 2. The Morgan fingerprint density at radius 3 is 1.71 bits per heavy atom. The van der Waals surface area contributed by atoms with E-state index in [0.29, 0.717) is 19.3 Å². The Hall–Kier alpha value is -2.93. The fourth-order valence-corrected chi connectivity index (χ4v) is 6.07. The molecule has 0 aliphatic carbocycles. The molecule has 0 fully saturated rings. The largest absolute Gasteiger partial charge is 0.472 e. The Morgan fingerprint density at radius 2 is 1.08 bits per heavy atom. The van der Waals surface area contributed by atoms with E-state index in [-0.39, 0.29) is 25.7 Å². The smallest absolute Gasteiger partial charge is 0.462 e. The summed E-state index contributed by atoms with van der Waals surface area (Å²) >= 11 is 0. The quantitative estimate of drug-likeness (QED) is 0.0130. The summed E-state index contributed by atoms with van der Waals surface area (Å²) < 4.78 is 32.5. The van der Waals surface area contributed by atoms with Gasteiger partial charge in [-0.25, -0.2) is 4.57 Å². The van der Waals surface area contributed by atoms with Gasteiger partial charge in [0.2, 0.25) is 0 Å². The molecule has 338 valence electrons. The van der Waals surface area contributed by atoms with Crippen LogP contribution in [0.5, 0.6) is 0 Å². The van der Waals surface area contributed by atoms with Crippen molar-refractivity contribution in [1.29, 1.82) is 0 Å². The molecule has 1 unspecified atom stereocenters. The summed E-state index contributed by atoms with van der Waals surface area (Å²) in [6.07, 6.45) is 40.5. The third-order valence-corrected chi connectivity index (χ3v) is 9.68. The van der Waals surface area contributed by atoms with E-state index < -0.39 is 70.6 Å². The maximum absolute atomic E-state index is 12.6. The van der Waals surface area contributed by atoms with Crippen LogP contribution < -0.4 is 0 Å². The number of phosphoric acid groups is 1. The van der Waals surface area contributed by atoms with Crippen molar-refractivity contribution in [2.75, 3.05) is 26.4 Å². The molecule has 0 spiro atoms. The number of aliphatic hydroxyl groups is 4. The van der Waals surface area contributed by atoms with Crippen LogP contribution in [0.2, 0.25) is 0 Å². The van der Waals surface area contributed by atoms with Gasteiger partial charge in [-0.1, -0.05) is 150 Å². The summed E-state index contributed by atoms with van der Waals surface area (Å²) in [6, 6.07) is 0. The highest BCUT2D eigenvalue weighted by Gasteiger charge is 2.27. The van der Waals surface area contributed by atoms with Crippen LogP contribution in [0, 0.1) is 0 Å². The number of hydrogen-bond acceptors (Lipinski definition) is 11. The number of rotatable bonds is 39. The van der Waals surface area contributed by atoms with E-state index in [1.165, 1.54) is 38.5 Å². The number of carbonyl (C=O) groups is 2. The number of phosphoric ester groups is 1. The van der Waals surface area contributed by atoms with Gasteiger partial charge in [0.05, 0.1) is 32.0 Å². The van der Waals surface area contributed by atoms with Crippen LogP contribution in [0.1, 0.15) is 142 Å². The number of carbonyl (C=O) groups excluding carboxylic acids is 2. The first-order valence-electron chi connectivity index (χ1n) is 21.8. The van der Waals surface area contributed by atoms with Crippen LogP contribution in [-0.2, 0) is 32.7 Å². The molecule has 13 heteroatoms. The van der Waals surface area contributed by atoms with Gasteiger partial charge < -0.3 is 34.8 Å². The molecule has 0 saturated carbocycles. The highest BCUT2D eigenvalue weighted by atomic mass is 31.2. The summed E-state index contributed by atoms with van der Waals surface area (Å²) in [5.41, 5.74) is 0. The van der Waals surface area contributed by atoms with Gasteiger partial charge in [-0.05, 0) is 64.2 Å². The summed E-state index contributed by atoms with van der Waals surface area (Å²) in [4.78, 5) is 35.0. The van der Waals surface area contributed by atoms with Gasteiger partial charge in [0, 0.05) is 12.8 Å². The Kier molecular flexibility index (Phi) is 38.5. The zero-order chi connectivity index (χ0) is 43.7. The molecule has 0 aromatic heterocycles. The van der Waals surface area contributed by atoms with E-state index in [4.69, 9.17) is 19.1 Å². The van der Waals surface area contributed by atoms with Crippen LogP contribution in [-0.4, -0.2) is 88.1 Å². The molecule has 5 atom stereocenters. The first-order chi connectivity index (χ1) is 28.5. The van der Waals surface area contributed by atoms with Gasteiger partial charge in [-0.3, -0.25) is 18.6 Å². The van der Waals surface area contributed by atoms with Crippen molar-refractivity contribution in [3.63, 3.8) is 0 Å². The molecule has 0 saturated heterocycles. The number of hydrogen-bond donors (Lipinski definition) is 5. The van der Waals surface area contributed by atoms with Crippen LogP contribution in [0.15, 0.2) is 85.1 Å². The lowest BCUT2D eigenvalue weighted by atomic mass is 10.1. The first kappa shape index (κ1) is 56.1. The van der Waals surface area contributed by atoms with E-state index in [0.717, 1.165) is 44.9 Å². The lowest BCUT2D eigenvalue weighted by Gasteiger charge is -2.20. The van der Waals surface area contributed by atoms with Crippen LogP contribution in [0.4, 0.5) is 0 Å². The van der Waals surface area contributed by atoms with Gasteiger partial charge in [0.25, 0.3) is 0 Å². The average molecular weight is 853 g/mol. The third-order valence-electron chi connectivity index (χ3n) is 8.73. The van der Waals surface area contributed by atoms with Gasteiger partial charge >= 0.3 is 19.8 Å². The van der Waals surface area contributed by atoms with Crippen molar-refractivity contribution in [1.82, 2.24) is 0 Å². The lowest BCUT2D eigenvalue weighted by Crippen LogP contribution is -2.30. The minimum absolute atomic E-state index is 0.0791. The molecule has 0 bridgehead atoms.